The van der Waals surface area contributed by atoms with Gasteiger partial charge in [0.15, 0.2) is 17.1 Å². The number of hydrogen-bond acceptors (Lipinski definition) is 5. The predicted octanol–water partition coefficient (Wildman–Crippen LogP) is 3.79. The molecule has 6 nitrogen and oxygen atoms in total. The number of anilines is 1. The van der Waals surface area contributed by atoms with Gasteiger partial charge in [-0.25, -0.2) is 4.79 Å². The lowest BCUT2D eigenvalue weighted by atomic mass is 10.1. The van der Waals surface area contributed by atoms with Crippen molar-refractivity contribution >= 4 is 28.5 Å². The van der Waals surface area contributed by atoms with Gasteiger partial charge in [-0.15, -0.1) is 0 Å². The highest BCUT2D eigenvalue weighted by Crippen LogP contribution is 2.29. The van der Waals surface area contributed by atoms with Gasteiger partial charge in [-0.3, -0.25) is 4.79 Å². The quantitative estimate of drug-likeness (QED) is 0.732. The molecule has 0 bridgehead atoms. The van der Waals surface area contributed by atoms with E-state index in [2.05, 4.69) is 5.32 Å². The zero-order valence-electron chi connectivity index (χ0n) is 14.1. The summed E-state index contributed by atoms with van der Waals surface area (Å²) in [6.45, 7) is 1.83. The molecule has 1 N–H and O–H groups in total. The summed E-state index contributed by atoms with van der Waals surface area (Å²) >= 11 is 0. The van der Waals surface area contributed by atoms with Crippen molar-refractivity contribution in [2.75, 3.05) is 19.5 Å². The Balaban J connectivity index is 1.91. The predicted molar refractivity (Wildman–Crippen MR) is 93.2 cm³/mol. The average molecular weight is 339 g/mol. The molecule has 1 aromatic heterocycles. The normalized spacial score (nSPS) is 10.5. The van der Waals surface area contributed by atoms with Crippen LogP contribution in [0.25, 0.3) is 11.0 Å². The van der Waals surface area contributed by atoms with E-state index in [1.807, 2.05) is 19.1 Å². The highest BCUT2D eigenvalue weighted by Gasteiger charge is 2.16. The minimum absolute atomic E-state index is 0.155. The summed E-state index contributed by atoms with van der Waals surface area (Å²) < 4.78 is 15.6. The maximum Gasteiger partial charge on any atom is 0.337 e. The van der Waals surface area contributed by atoms with Crippen LogP contribution in [0.2, 0.25) is 0 Å². The number of aryl methyl sites for hydroxylation is 1. The summed E-state index contributed by atoms with van der Waals surface area (Å²) in [6.07, 6.45) is 0. The molecule has 0 spiro atoms. The number of carbonyl (C=O) groups excluding carboxylic acids is 2. The van der Waals surface area contributed by atoms with Crippen molar-refractivity contribution in [2.45, 2.75) is 6.92 Å². The largest absolute Gasteiger partial charge is 0.493 e. The molecule has 1 amide bonds. The zero-order valence-corrected chi connectivity index (χ0v) is 14.1. The van der Waals surface area contributed by atoms with E-state index in [4.69, 9.17) is 13.9 Å². The third kappa shape index (κ3) is 3.19. The van der Waals surface area contributed by atoms with Crippen molar-refractivity contribution in [1.82, 2.24) is 0 Å². The fourth-order valence-corrected chi connectivity index (χ4v) is 2.49. The van der Waals surface area contributed by atoms with E-state index in [0.717, 1.165) is 10.9 Å². The number of furan rings is 1. The van der Waals surface area contributed by atoms with Gasteiger partial charge in [-0.2, -0.15) is 0 Å². The Morgan fingerprint density at radius 2 is 1.88 bits per heavy atom. The molecule has 25 heavy (non-hydrogen) atoms. The number of carbonyl (C=O) groups is 2. The number of amides is 1. The third-order valence-corrected chi connectivity index (χ3v) is 3.86. The first kappa shape index (κ1) is 16.6. The SMILES string of the molecule is COC(=O)c1ccc(C)c(NC(=O)c2cc3cccc(OC)c3o2)c1. The molecule has 0 saturated heterocycles. The molecule has 3 aromatic rings. The van der Waals surface area contributed by atoms with E-state index < -0.39 is 11.9 Å². The maximum atomic E-state index is 12.5. The molecule has 0 aliphatic rings. The van der Waals surface area contributed by atoms with Gasteiger partial charge >= 0.3 is 5.97 Å². The average Bonchev–Trinajstić information content (AvgIpc) is 3.07. The molecule has 2 aromatic carbocycles. The molecule has 128 valence electrons. The minimum Gasteiger partial charge on any atom is -0.493 e. The van der Waals surface area contributed by atoms with Crippen LogP contribution in [0.5, 0.6) is 5.75 Å². The fourth-order valence-electron chi connectivity index (χ4n) is 2.49. The molecule has 0 saturated carbocycles. The number of hydrogen-bond donors (Lipinski definition) is 1. The third-order valence-electron chi connectivity index (χ3n) is 3.86. The van der Waals surface area contributed by atoms with Gasteiger partial charge in [0.25, 0.3) is 5.91 Å². The Morgan fingerprint density at radius 3 is 2.60 bits per heavy atom. The lowest BCUT2D eigenvalue weighted by Crippen LogP contribution is -2.13. The molecular weight excluding hydrogens is 322 g/mol. The van der Waals surface area contributed by atoms with Crippen LogP contribution in [0.1, 0.15) is 26.5 Å². The van der Waals surface area contributed by atoms with Crippen LogP contribution in [0.4, 0.5) is 5.69 Å². The number of benzene rings is 2. The number of rotatable bonds is 4. The zero-order chi connectivity index (χ0) is 18.0. The summed E-state index contributed by atoms with van der Waals surface area (Å²) in [6, 6.07) is 12.0. The second-order valence-electron chi connectivity index (χ2n) is 5.46. The topological polar surface area (TPSA) is 77.8 Å². The molecule has 0 atom stereocenters. The van der Waals surface area contributed by atoms with Gasteiger partial charge in [0, 0.05) is 11.1 Å². The number of para-hydroxylation sites is 1. The number of ether oxygens (including phenoxy) is 2. The number of esters is 1. The van der Waals surface area contributed by atoms with Crippen molar-refractivity contribution in [3.05, 3.63) is 59.4 Å². The summed E-state index contributed by atoms with van der Waals surface area (Å²) in [4.78, 5) is 24.2. The van der Waals surface area contributed by atoms with Crippen molar-refractivity contribution in [2.24, 2.45) is 0 Å². The first-order chi connectivity index (χ1) is 12.0. The number of methoxy groups -OCH3 is 2. The monoisotopic (exact) mass is 339 g/mol. The van der Waals surface area contributed by atoms with Crippen LogP contribution in [0.3, 0.4) is 0 Å². The van der Waals surface area contributed by atoms with Crippen molar-refractivity contribution < 1.29 is 23.5 Å². The van der Waals surface area contributed by atoms with Crippen LogP contribution >= 0.6 is 0 Å². The first-order valence-corrected chi connectivity index (χ1v) is 7.60. The van der Waals surface area contributed by atoms with Gasteiger partial charge in [0.2, 0.25) is 0 Å². The summed E-state index contributed by atoms with van der Waals surface area (Å²) in [5.74, 6) is -0.171. The summed E-state index contributed by atoms with van der Waals surface area (Å²) in [7, 11) is 2.85. The number of fused-ring (bicyclic) bond motifs is 1. The Labute approximate surface area is 144 Å². The molecule has 0 aliphatic heterocycles. The summed E-state index contributed by atoms with van der Waals surface area (Å²) in [5.41, 5.74) is 2.19. The van der Waals surface area contributed by atoms with E-state index in [9.17, 15) is 9.59 Å². The van der Waals surface area contributed by atoms with E-state index in [1.54, 1.807) is 37.4 Å². The molecular formula is C19H17NO5. The fraction of sp³-hybridized carbons (Fsp3) is 0.158. The van der Waals surface area contributed by atoms with Gasteiger partial charge in [0.1, 0.15) is 0 Å². The highest BCUT2D eigenvalue weighted by molar-refractivity contribution is 6.06. The van der Waals surface area contributed by atoms with Gasteiger partial charge in [0.05, 0.1) is 19.8 Å². The van der Waals surface area contributed by atoms with E-state index in [1.165, 1.54) is 7.11 Å². The van der Waals surface area contributed by atoms with Gasteiger partial charge < -0.3 is 19.2 Å². The van der Waals surface area contributed by atoms with Gasteiger partial charge in [-0.1, -0.05) is 18.2 Å². The Morgan fingerprint density at radius 1 is 1.08 bits per heavy atom. The highest BCUT2D eigenvalue weighted by atomic mass is 16.5. The van der Waals surface area contributed by atoms with Crippen LogP contribution in [0, 0.1) is 6.92 Å². The molecule has 0 fully saturated rings. The molecule has 6 heteroatoms. The molecule has 0 unspecified atom stereocenters. The van der Waals surface area contributed by atoms with Gasteiger partial charge in [-0.05, 0) is 36.8 Å². The number of nitrogens with one attached hydrogen (secondary N) is 1. The Hall–Kier alpha value is -3.28. The van der Waals surface area contributed by atoms with Crippen molar-refractivity contribution in [3.8, 4) is 5.75 Å². The molecule has 0 aliphatic carbocycles. The van der Waals surface area contributed by atoms with E-state index >= 15 is 0 Å². The Kier molecular flexibility index (Phi) is 4.43. The summed E-state index contributed by atoms with van der Waals surface area (Å²) in [5, 5.41) is 3.53. The van der Waals surface area contributed by atoms with Crippen LogP contribution in [-0.2, 0) is 4.74 Å². The maximum absolute atomic E-state index is 12.5. The van der Waals surface area contributed by atoms with Crippen LogP contribution in [-0.4, -0.2) is 26.1 Å². The molecule has 3 rings (SSSR count). The van der Waals surface area contributed by atoms with E-state index in [0.29, 0.717) is 22.6 Å². The lowest BCUT2D eigenvalue weighted by molar-refractivity contribution is 0.0600. The first-order valence-electron chi connectivity index (χ1n) is 7.60. The van der Waals surface area contributed by atoms with Crippen molar-refractivity contribution in [1.29, 1.82) is 0 Å². The lowest BCUT2D eigenvalue weighted by Gasteiger charge is -2.09. The standard InChI is InChI=1S/C19H17NO5/c1-11-7-8-13(19(22)24-3)9-14(11)20-18(21)16-10-12-5-4-6-15(23-2)17(12)25-16/h4-10H,1-3H3,(H,20,21). The van der Waals surface area contributed by atoms with Crippen LogP contribution < -0.4 is 10.1 Å². The molecule has 1 heterocycles. The van der Waals surface area contributed by atoms with Crippen LogP contribution in [0.15, 0.2) is 46.9 Å². The Bertz CT molecular complexity index is 958. The smallest absolute Gasteiger partial charge is 0.337 e. The van der Waals surface area contributed by atoms with Crippen molar-refractivity contribution in [3.63, 3.8) is 0 Å². The second kappa shape index (κ2) is 6.68. The van der Waals surface area contributed by atoms with E-state index in [-0.39, 0.29) is 5.76 Å². The second-order valence-corrected chi connectivity index (χ2v) is 5.46. The minimum atomic E-state index is -0.469. The molecule has 0 radical (unpaired) electrons.